The minimum atomic E-state index is 1.03. The van der Waals surface area contributed by atoms with Crippen molar-refractivity contribution in [3.8, 4) is 0 Å². The number of likely N-dealkylation sites (N-methyl/N-ethyl adjacent to an activating group) is 1. The van der Waals surface area contributed by atoms with E-state index in [-0.39, 0.29) is 0 Å². The molecule has 0 saturated carbocycles. The lowest BCUT2D eigenvalue weighted by atomic mass is 10.1. The van der Waals surface area contributed by atoms with Gasteiger partial charge in [0.2, 0.25) is 0 Å². The average Bonchev–Trinajstić information content (AvgIpc) is 2.84. The van der Waals surface area contributed by atoms with E-state index in [1.165, 1.54) is 20.9 Å². The van der Waals surface area contributed by atoms with Gasteiger partial charge >= 0.3 is 5.13 Å². The lowest BCUT2D eigenvalue weighted by molar-refractivity contribution is -0.628. The Morgan fingerprint density at radius 1 is 1.00 bits per heavy atom. The van der Waals surface area contributed by atoms with Crippen molar-refractivity contribution >= 4 is 26.7 Å². The van der Waals surface area contributed by atoms with Crippen LogP contribution in [0.25, 0.3) is 10.2 Å². The van der Waals surface area contributed by atoms with Gasteiger partial charge in [0.15, 0.2) is 0 Å². The SMILES string of the molecule is CN(CCc1ccccc1)c1sc2ccccc2[n+]1C. The maximum atomic E-state index is 2.34. The number of hydrogen-bond acceptors (Lipinski definition) is 2. The van der Waals surface area contributed by atoms with Crippen molar-refractivity contribution < 1.29 is 4.57 Å². The molecular weight excluding hydrogens is 264 g/mol. The van der Waals surface area contributed by atoms with Crippen molar-refractivity contribution in [2.75, 3.05) is 18.5 Å². The largest absolute Gasteiger partial charge is 0.336 e. The number of aryl methyl sites for hydroxylation is 1. The van der Waals surface area contributed by atoms with Crippen LogP contribution in [0.5, 0.6) is 0 Å². The Hall–Kier alpha value is -1.87. The van der Waals surface area contributed by atoms with Crippen molar-refractivity contribution in [3.05, 3.63) is 60.2 Å². The van der Waals surface area contributed by atoms with Crippen LogP contribution >= 0.6 is 11.3 Å². The maximum Gasteiger partial charge on any atom is 0.336 e. The van der Waals surface area contributed by atoms with E-state index in [1.54, 1.807) is 0 Å². The Kier molecular flexibility index (Phi) is 3.70. The number of hydrogen-bond donors (Lipinski definition) is 0. The molecule has 0 unspecified atom stereocenters. The zero-order chi connectivity index (χ0) is 13.9. The van der Waals surface area contributed by atoms with E-state index in [0.29, 0.717) is 0 Å². The van der Waals surface area contributed by atoms with E-state index in [2.05, 4.69) is 78.2 Å². The third-order valence-electron chi connectivity index (χ3n) is 3.62. The third kappa shape index (κ3) is 2.54. The van der Waals surface area contributed by atoms with Crippen LogP contribution in [0.3, 0.4) is 0 Å². The monoisotopic (exact) mass is 283 g/mol. The summed E-state index contributed by atoms with van der Waals surface area (Å²) < 4.78 is 3.63. The zero-order valence-corrected chi connectivity index (χ0v) is 12.7. The summed E-state index contributed by atoms with van der Waals surface area (Å²) in [6.07, 6.45) is 1.07. The highest BCUT2D eigenvalue weighted by molar-refractivity contribution is 7.21. The molecule has 3 aromatic rings. The highest BCUT2D eigenvalue weighted by Gasteiger charge is 2.19. The molecule has 2 aromatic carbocycles. The first-order chi connectivity index (χ1) is 9.75. The summed E-state index contributed by atoms with van der Waals surface area (Å²) in [6, 6.07) is 19.2. The van der Waals surface area contributed by atoms with Gasteiger partial charge in [-0.1, -0.05) is 42.5 Å². The van der Waals surface area contributed by atoms with Crippen molar-refractivity contribution in [1.82, 2.24) is 0 Å². The Morgan fingerprint density at radius 2 is 1.70 bits per heavy atom. The Labute approximate surface area is 123 Å². The molecule has 1 heterocycles. The van der Waals surface area contributed by atoms with Gasteiger partial charge in [-0.15, -0.1) is 0 Å². The highest BCUT2D eigenvalue weighted by Crippen LogP contribution is 2.25. The van der Waals surface area contributed by atoms with E-state index < -0.39 is 0 Å². The number of thiazole rings is 1. The van der Waals surface area contributed by atoms with Crippen LogP contribution in [-0.4, -0.2) is 13.6 Å². The van der Waals surface area contributed by atoms with Gasteiger partial charge in [-0.05, 0) is 29.0 Å². The molecule has 3 rings (SSSR count). The van der Waals surface area contributed by atoms with Gasteiger partial charge in [-0.25, -0.2) is 4.57 Å². The minimum Gasteiger partial charge on any atom is -0.255 e. The maximum absolute atomic E-state index is 2.34. The number of nitrogens with zero attached hydrogens (tertiary/aromatic N) is 2. The summed E-state index contributed by atoms with van der Waals surface area (Å²) in [5.74, 6) is 0. The molecule has 1 aromatic heterocycles. The Morgan fingerprint density at radius 3 is 2.45 bits per heavy atom. The molecule has 0 saturated heterocycles. The molecule has 0 spiro atoms. The van der Waals surface area contributed by atoms with Crippen molar-refractivity contribution in [2.24, 2.45) is 7.05 Å². The predicted molar refractivity (Wildman–Crippen MR) is 86.4 cm³/mol. The van der Waals surface area contributed by atoms with Gasteiger partial charge < -0.3 is 0 Å². The fourth-order valence-electron chi connectivity index (χ4n) is 2.46. The fourth-order valence-corrected chi connectivity index (χ4v) is 3.60. The molecule has 0 bridgehead atoms. The van der Waals surface area contributed by atoms with Crippen LogP contribution in [0.2, 0.25) is 0 Å². The summed E-state index contributed by atoms with van der Waals surface area (Å²) >= 11 is 1.86. The lowest BCUT2D eigenvalue weighted by Gasteiger charge is -2.10. The molecule has 0 atom stereocenters. The van der Waals surface area contributed by atoms with Gasteiger partial charge in [0.25, 0.3) is 0 Å². The summed E-state index contributed by atoms with van der Waals surface area (Å²) in [6.45, 7) is 1.03. The molecule has 3 heteroatoms. The summed E-state index contributed by atoms with van der Waals surface area (Å²) in [4.78, 5) is 2.34. The number of benzene rings is 2. The third-order valence-corrected chi connectivity index (χ3v) is 4.95. The molecule has 0 N–H and O–H groups in total. The molecular formula is C17H19N2S+. The van der Waals surface area contributed by atoms with Crippen LogP contribution in [-0.2, 0) is 13.5 Å². The highest BCUT2D eigenvalue weighted by atomic mass is 32.1. The predicted octanol–water partition coefficient (Wildman–Crippen LogP) is 3.40. The normalized spacial score (nSPS) is 10.9. The smallest absolute Gasteiger partial charge is 0.255 e. The van der Waals surface area contributed by atoms with Gasteiger partial charge in [-0.3, -0.25) is 4.90 Å². The first-order valence-corrected chi connectivity index (χ1v) is 7.70. The van der Waals surface area contributed by atoms with E-state index in [0.717, 1.165) is 13.0 Å². The van der Waals surface area contributed by atoms with Gasteiger partial charge in [0, 0.05) is 6.42 Å². The molecule has 0 aliphatic heterocycles. The first kappa shape index (κ1) is 13.1. The van der Waals surface area contributed by atoms with Crippen molar-refractivity contribution in [2.45, 2.75) is 6.42 Å². The molecule has 0 aliphatic rings. The molecule has 102 valence electrons. The van der Waals surface area contributed by atoms with E-state index >= 15 is 0 Å². The molecule has 0 fully saturated rings. The second kappa shape index (κ2) is 5.63. The summed E-state index contributed by atoms with van der Waals surface area (Å²) in [7, 11) is 4.32. The number of fused-ring (bicyclic) bond motifs is 1. The van der Waals surface area contributed by atoms with E-state index in [1.807, 2.05) is 11.3 Å². The number of anilines is 1. The minimum absolute atomic E-state index is 1.03. The van der Waals surface area contributed by atoms with Crippen LogP contribution in [0, 0.1) is 0 Å². The topological polar surface area (TPSA) is 7.12 Å². The standard InChI is InChI=1S/C17H19N2S/c1-18(13-12-14-8-4-3-5-9-14)17-19(2)15-10-6-7-11-16(15)20-17/h3-11H,12-13H2,1-2H3/q+1. The van der Waals surface area contributed by atoms with E-state index in [4.69, 9.17) is 0 Å². The molecule has 20 heavy (non-hydrogen) atoms. The van der Waals surface area contributed by atoms with Crippen LogP contribution in [0.1, 0.15) is 5.56 Å². The number of aromatic nitrogens is 1. The van der Waals surface area contributed by atoms with Gasteiger partial charge in [-0.2, -0.15) is 0 Å². The van der Waals surface area contributed by atoms with Crippen molar-refractivity contribution in [3.63, 3.8) is 0 Å². The second-order valence-corrected chi connectivity index (χ2v) is 6.08. The second-order valence-electron chi connectivity index (χ2n) is 5.07. The lowest BCUT2D eigenvalue weighted by Crippen LogP contribution is -2.35. The molecule has 0 radical (unpaired) electrons. The molecule has 2 nitrogen and oxygen atoms in total. The van der Waals surface area contributed by atoms with Gasteiger partial charge in [0.05, 0.1) is 25.3 Å². The van der Waals surface area contributed by atoms with Crippen molar-refractivity contribution in [1.29, 1.82) is 0 Å². The van der Waals surface area contributed by atoms with Gasteiger partial charge in [0.1, 0.15) is 5.52 Å². The molecule has 0 aliphatic carbocycles. The Bertz CT molecular complexity index is 703. The average molecular weight is 283 g/mol. The number of para-hydroxylation sites is 1. The van der Waals surface area contributed by atoms with E-state index in [9.17, 15) is 0 Å². The summed E-state index contributed by atoms with van der Waals surface area (Å²) in [5, 5.41) is 1.31. The fraction of sp³-hybridized carbons (Fsp3) is 0.235. The molecule has 0 amide bonds. The van der Waals surface area contributed by atoms with Crippen LogP contribution < -0.4 is 9.47 Å². The first-order valence-electron chi connectivity index (χ1n) is 6.88. The summed E-state index contributed by atoms with van der Waals surface area (Å²) in [5.41, 5.74) is 2.70. The van der Waals surface area contributed by atoms with Crippen LogP contribution in [0.15, 0.2) is 54.6 Å². The Balaban J connectivity index is 1.79. The van der Waals surface area contributed by atoms with Crippen LogP contribution in [0.4, 0.5) is 5.13 Å². The quantitative estimate of drug-likeness (QED) is 0.666. The zero-order valence-electron chi connectivity index (χ0n) is 11.9. The number of rotatable bonds is 4.